The molecule has 1 aliphatic rings. The monoisotopic (exact) mass is 242 g/mol. The van der Waals surface area contributed by atoms with Gasteiger partial charge >= 0.3 is 0 Å². The molecule has 1 N–H and O–H groups in total. The van der Waals surface area contributed by atoms with Crippen molar-refractivity contribution in [1.82, 2.24) is 9.80 Å². The van der Waals surface area contributed by atoms with E-state index in [1.54, 1.807) is 0 Å². The first-order chi connectivity index (χ1) is 8.13. The highest BCUT2D eigenvalue weighted by molar-refractivity contribution is 5.75. The Balaban J connectivity index is 2.14. The summed E-state index contributed by atoms with van der Waals surface area (Å²) in [4.78, 5) is 15.8. The highest BCUT2D eigenvalue weighted by Crippen LogP contribution is 2.19. The number of carbonyl (C=O) groups is 1. The molecule has 0 aromatic rings. The van der Waals surface area contributed by atoms with Gasteiger partial charge in [0.15, 0.2) is 0 Å². The molecule has 0 atom stereocenters. The van der Waals surface area contributed by atoms with Crippen LogP contribution >= 0.6 is 0 Å². The summed E-state index contributed by atoms with van der Waals surface area (Å²) < 4.78 is 0. The predicted molar refractivity (Wildman–Crippen MR) is 68.8 cm³/mol. The van der Waals surface area contributed by atoms with Gasteiger partial charge < -0.3 is 14.9 Å². The molecule has 0 aromatic carbocycles. The number of nitrogens with zero attached hydrogens (tertiary/aromatic N) is 2. The fraction of sp³-hybridized carbons (Fsp3) is 0.923. The smallest absolute Gasteiger partial charge is 0.222 e. The summed E-state index contributed by atoms with van der Waals surface area (Å²) in [7, 11) is 4.04. The van der Waals surface area contributed by atoms with Crippen LogP contribution in [-0.4, -0.2) is 61.2 Å². The van der Waals surface area contributed by atoms with Gasteiger partial charge in [0, 0.05) is 26.6 Å². The summed E-state index contributed by atoms with van der Waals surface area (Å²) in [6, 6.07) is 0. The standard InChI is InChI=1S/C13H26N2O2/c1-14-8-5-12(6-9-14)7-10-15(2)13(17)4-3-11-16/h12,16H,3-11H2,1-2H3. The zero-order chi connectivity index (χ0) is 12.7. The van der Waals surface area contributed by atoms with Gasteiger partial charge in [-0.1, -0.05) is 0 Å². The van der Waals surface area contributed by atoms with Crippen LogP contribution in [0.5, 0.6) is 0 Å². The zero-order valence-corrected chi connectivity index (χ0v) is 11.2. The average Bonchev–Trinajstić information content (AvgIpc) is 2.34. The van der Waals surface area contributed by atoms with Crippen LogP contribution in [-0.2, 0) is 4.79 Å². The molecular formula is C13H26N2O2. The van der Waals surface area contributed by atoms with E-state index >= 15 is 0 Å². The molecule has 1 heterocycles. The molecular weight excluding hydrogens is 216 g/mol. The van der Waals surface area contributed by atoms with Crippen molar-refractivity contribution in [1.29, 1.82) is 0 Å². The molecule has 4 heteroatoms. The Morgan fingerprint density at radius 1 is 1.41 bits per heavy atom. The van der Waals surface area contributed by atoms with E-state index in [0.29, 0.717) is 12.8 Å². The molecule has 1 aliphatic heterocycles. The molecule has 0 bridgehead atoms. The first-order valence-corrected chi connectivity index (χ1v) is 6.67. The number of likely N-dealkylation sites (tertiary alicyclic amines) is 1. The van der Waals surface area contributed by atoms with Gasteiger partial charge in [-0.05, 0) is 51.7 Å². The number of aliphatic hydroxyl groups is 1. The molecule has 0 aliphatic carbocycles. The lowest BCUT2D eigenvalue weighted by atomic mass is 9.93. The van der Waals surface area contributed by atoms with E-state index in [0.717, 1.165) is 18.9 Å². The Bertz CT molecular complexity index is 225. The molecule has 1 rings (SSSR count). The van der Waals surface area contributed by atoms with E-state index in [1.807, 2.05) is 11.9 Å². The Kier molecular flexibility index (Phi) is 6.52. The summed E-state index contributed by atoms with van der Waals surface area (Å²) in [5.41, 5.74) is 0. The molecule has 1 amide bonds. The van der Waals surface area contributed by atoms with Gasteiger partial charge in [0.1, 0.15) is 0 Å². The molecule has 0 radical (unpaired) electrons. The number of carbonyl (C=O) groups excluding carboxylic acids is 1. The zero-order valence-electron chi connectivity index (χ0n) is 11.2. The van der Waals surface area contributed by atoms with Crippen LogP contribution in [0, 0.1) is 5.92 Å². The number of rotatable bonds is 6. The van der Waals surface area contributed by atoms with Gasteiger partial charge in [-0.3, -0.25) is 4.79 Å². The third-order valence-electron chi connectivity index (χ3n) is 3.69. The van der Waals surface area contributed by atoms with E-state index in [4.69, 9.17) is 5.11 Å². The predicted octanol–water partition coefficient (Wildman–Crippen LogP) is 0.949. The van der Waals surface area contributed by atoms with Crippen molar-refractivity contribution in [2.24, 2.45) is 5.92 Å². The minimum atomic E-state index is 0.106. The van der Waals surface area contributed by atoms with Crippen LogP contribution in [0.15, 0.2) is 0 Å². The highest BCUT2D eigenvalue weighted by Gasteiger charge is 2.17. The number of hydrogen-bond acceptors (Lipinski definition) is 3. The second-order valence-electron chi connectivity index (χ2n) is 5.18. The van der Waals surface area contributed by atoms with Crippen molar-refractivity contribution in [3.8, 4) is 0 Å². The average molecular weight is 242 g/mol. The van der Waals surface area contributed by atoms with E-state index in [1.165, 1.54) is 25.9 Å². The van der Waals surface area contributed by atoms with E-state index < -0.39 is 0 Å². The number of aliphatic hydroxyl groups excluding tert-OH is 1. The highest BCUT2D eigenvalue weighted by atomic mass is 16.3. The van der Waals surface area contributed by atoms with Crippen LogP contribution in [0.1, 0.15) is 32.1 Å². The SMILES string of the molecule is CN1CCC(CCN(C)C(=O)CCCO)CC1. The van der Waals surface area contributed by atoms with Crippen molar-refractivity contribution in [2.45, 2.75) is 32.1 Å². The summed E-state index contributed by atoms with van der Waals surface area (Å²) >= 11 is 0. The van der Waals surface area contributed by atoms with Crippen molar-refractivity contribution in [3.05, 3.63) is 0 Å². The minimum absolute atomic E-state index is 0.106. The quantitative estimate of drug-likeness (QED) is 0.754. The minimum Gasteiger partial charge on any atom is -0.396 e. The third-order valence-corrected chi connectivity index (χ3v) is 3.69. The lowest BCUT2D eigenvalue weighted by molar-refractivity contribution is -0.130. The van der Waals surface area contributed by atoms with E-state index in [9.17, 15) is 4.79 Å². The van der Waals surface area contributed by atoms with Crippen LogP contribution < -0.4 is 0 Å². The molecule has 0 unspecified atom stereocenters. The molecule has 1 fully saturated rings. The van der Waals surface area contributed by atoms with Crippen LogP contribution in [0.25, 0.3) is 0 Å². The number of amides is 1. The van der Waals surface area contributed by atoms with Crippen molar-refractivity contribution >= 4 is 5.91 Å². The number of piperidine rings is 1. The lowest BCUT2D eigenvalue weighted by Gasteiger charge is -2.30. The Morgan fingerprint density at radius 2 is 2.06 bits per heavy atom. The van der Waals surface area contributed by atoms with Crippen LogP contribution in [0.3, 0.4) is 0 Å². The fourth-order valence-corrected chi connectivity index (χ4v) is 2.27. The van der Waals surface area contributed by atoms with Gasteiger partial charge in [0.25, 0.3) is 0 Å². The van der Waals surface area contributed by atoms with Gasteiger partial charge in [-0.25, -0.2) is 0 Å². The van der Waals surface area contributed by atoms with Crippen molar-refractivity contribution < 1.29 is 9.90 Å². The van der Waals surface area contributed by atoms with Crippen molar-refractivity contribution in [2.75, 3.05) is 40.3 Å². The molecule has 4 nitrogen and oxygen atoms in total. The summed E-state index contributed by atoms with van der Waals surface area (Å²) in [6.07, 6.45) is 4.69. The maximum atomic E-state index is 11.6. The third kappa shape index (κ3) is 5.50. The molecule has 100 valence electrons. The Hall–Kier alpha value is -0.610. The largest absolute Gasteiger partial charge is 0.396 e. The molecule has 0 spiro atoms. The van der Waals surface area contributed by atoms with E-state index in [-0.39, 0.29) is 12.5 Å². The summed E-state index contributed by atoms with van der Waals surface area (Å²) in [5, 5.41) is 8.68. The Labute approximate surface area is 105 Å². The molecule has 0 saturated carbocycles. The summed E-state index contributed by atoms with van der Waals surface area (Å²) in [5.74, 6) is 0.936. The van der Waals surface area contributed by atoms with Crippen LogP contribution in [0.2, 0.25) is 0 Å². The fourth-order valence-electron chi connectivity index (χ4n) is 2.27. The van der Waals surface area contributed by atoms with Gasteiger partial charge in [-0.2, -0.15) is 0 Å². The summed E-state index contributed by atoms with van der Waals surface area (Å²) in [6.45, 7) is 3.34. The Morgan fingerprint density at radius 3 is 2.65 bits per heavy atom. The maximum Gasteiger partial charge on any atom is 0.222 e. The normalized spacial score (nSPS) is 18.3. The lowest BCUT2D eigenvalue weighted by Crippen LogP contribution is -2.33. The second-order valence-corrected chi connectivity index (χ2v) is 5.18. The van der Waals surface area contributed by atoms with Crippen molar-refractivity contribution in [3.63, 3.8) is 0 Å². The second kappa shape index (κ2) is 7.67. The topological polar surface area (TPSA) is 43.8 Å². The van der Waals surface area contributed by atoms with Gasteiger partial charge in [0.2, 0.25) is 5.91 Å². The number of hydrogen-bond donors (Lipinski definition) is 1. The first kappa shape index (κ1) is 14.5. The van der Waals surface area contributed by atoms with Gasteiger partial charge in [0.05, 0.1) is 0 Å². The van der Waals surface area contributed by atoms with Crippen LogP contribution in [0.4, 0.5) is 0 Å². The molecule has 17 heavy (non-hydrogen) atoms. The molecule has 0 aromatic heterocycles. The van der Waals surface area contributed by atoms with Gasteiger partial charge in [-0.15, -0.1) is 0 Å². The first-order valence-electron chi connectivity index (χ1n) is 6.67. The van der Waals surface area contributed by atoms with E-state index in [2.05, 4.69) is 11.9 Å². The molecule has 1 saturated heterocycles. The maximum absolute atomic E-state index is 11.6.